The fourth-order valence-electron chi connectivity index (χ4n) is 4.27. The molecule has 4 N–H and O–H groups in total. The van der Waals surface area contributed by atoms with Crippen LogP contribution in [0.5, 0.6) is 0 Å². The van der Waals surface area contributed by atoms with Gasteiger partial charge in [0.15, 0.2) is 29.5 Å². The summed E-state index contributed by atoms with van der Waals surface area (Å²) < 4.78 is 36.0. The Hall–Kier alpha value is -2.97. The smallest absolute Gasteiger partial charge is 0.347 e. The number of phosphoric acid groups is 1. The van der Waals surface area contributed by atoms with Gasteiger partial charge in [-0.2, -0.15) is 0 Å². The molecule has 192 valence electrons. The number of ether oxygens (including phenoxy) is 3. The van der Waals surface area contributed by atoms with E-state index in [0.29, 0.717) is 24.1 Å². The lowest BCUT2D eigenvalue weighted by Crippen LogP contribution is -2.31. The van der Waals surface area contributed by atoms with Gasteiger partial charge in [0, 0.05) is 13.0 Å². The van der Waals surface area contributed by atoms with E-state index in [1.165, 1.54) is 12.7 Å². The van der Waals surface area contributed by atoms with Gasteiger partial charge in [0.2, 0.25) is 0 Å². The number of phosphoric ester groups is 1. The number of nitrogens with one attached hydrogen (secondary N) is 2. The average Bonchev–Trinajstić information content (AvgIpc) is 3.52. The Labute approximate surface area is 205 Å². The average molecular weight is 520 g/mol. The van der Waals surface area contributed by atoms with Gasteiger partial charge in [0.25, 0.3) is 0 Å². The van der Waals surface area contributed by atoms with E-state index in [0.717, 1.165) is 5.56 Å². The number of hydrogen-bond acceptors (Lipinski definition) is 9. The van der Waals surface area contributed by atoms with Crippen molar-refractivity contribution in [2.24, 2.45) is 0 Å². The van der Waals surface area contributed by atoms with Crippen LogP contribution in [-0.2, 0) is 29.7 Å². The fourth-order valence-corrected chi connectivity index (χ4v) is 4.61. The third-order valence-corrected chi connectivity index (χ3v) is 6.24. The number of benzene rings is 1. The molecule has 5 rings (SSSR count). The topological polar surface area (TPSA) is 179 Å². The number of urea groups is 1. The van der Waals surface area contributed by atoms with Crippen molar-refractivity contribution in [3.05, 3.63) is 48.5 Å². The van der Waals surface area contributed by atoms with E-state index in [1.807, 2.05) is 30.3 Å². The van der Waals surface area contributed by atoms with Crippen LogP contribution in [0.4, 0.5) is 10.6 Å². The monoisotopic (exact) mass is 520 g/mol. The van der Waals surface area contributed by atoms with Crippen LogP contribution >= 0.6 is 7.82 Å². The summed E-state index contributed by atoms with van der Waals surface area (Å²) in [6.45, 7) is 1.82. The molecule has 2 fully saturated rings. The van der Waals surface area contributed by atoms with Gasteiger partial charge in [-0.15, -0.1) is 0 Å². The third-order valence-electron chi connectivity index (χ3n) is 5.76. The maximum Gasteiger partial charge on any atom is 0.469 e. The predicted octanol–water partition coefficient (Wildman–Crippen LogP) is 1.33. The Morgan fingerprint density at radius 1 is 1.14 bits per heavy atom. The first-order chi connectivity index (χ1) is 17.3. The van der Waals surface area contributed by atoms with Gasteiger partial charge in [0.05, 0.1) is 12.9 Å². The Bertz CT molecular complexity index is 1270. The van der Waals surface area contributed by atoms with Crippen LogP contribution in [0.1, 0.15) is 18.7 Å². The van der Waals surface area contributed by atoms with Crippen LogP contribution in [0.15, 0.2) is 43.0 Å². The van der Waals surface area contributed by atoms with E-state index in [-0.39, 0.29) is 5.82 Å². The summed E-state index contributed by atoms with van der Waals surface area (Å²) in [5.74, 6) is 0.214. The fraction of sp³-hybridized carbons (Fsp3) is 0.429. The molecule has 0 spiro atoms. The summed E-state index contributed by atoms with van der Waals surface area (Å²) in [6, 6.07) is 9.21. The Kier molecular flexibility index (Phi) is 6.99. The van der Waals surface area contributed by atoms with E-state index >= 15 is 0 Å². The van der Waals surface area contributed by atoms with Crippen LogP contribution in [0.2, 0.25) is 0 Å². The third kappa shape index (κ3) is 5.25. The highest BCUT2D eigenvalue weighted by atomic mass is 31.2. The van der Waals surface area contributed by atoms with E-state index in [2.05, 4.69) is 25.6 Å². The van der Waals surface area contributed by atoms with Crippen molar-refractivity contribution in [2.45, 2.75) is 44.2 Å². The molecule has 3 aromatic rings. The van der Waals surface area contributed by atoms with Gasteiger partial charge >= 0.3 is 13.9 Å². The second-order valence-electron chi connectivity index (χ2n) is 8.20. The van der Waals surface area contributed by atoms with E-state index < -0.39 is 51.3 Å². The summed E-state index contributed by atoms with van der Waals surface area (Å²) in [5.41, 5.74) is 1.70. The molecule has 4 heterocycles. The van der Waals surface area contributed by atoms with Crippen molar-refractivity contribution in [3.63, 3.8) is 0 Å². The number of fused-ring (bicyclic) bond motifs is 2. The number of carbonyl (C=O) groups excluding carboxylic acids is 1. The molecular formula is C21H25N6O8P. The minimum Gasteiger partial charge on any atom is -0.347 e. The molecule has 5 atom stereocenters. The maximum atomic E-state index is 12.0. The van der Waals surface area contributed by atoms with Gasteiger partial charge in [-0.25, -0.2) is 24.3 Å². The maximum absolute atomic E-state index is 12.0. The lowest BCUT2D eigenvalue weighted by atomic mass is 10.1. The summed E-state index contributed by atoms with van der Waals surface area (Å²) in [5, 5.41) is 5.26. The number of aromatic nitrogens is 4. The van der Waals surface area contributed by atoms with Crippen molar-refractivity contribution in [1.82, 2.24) is 24.8 Å². The predicted molar refractivity (Wildman–Crippen MR) is 124 cm³/mol. The zero-order valence-corrected chi connectivity index (χ0v) is 20.0. The van der Waals surface area contributed by atoms with Crippen LogP contribution in [-0.4, -0.2) is 73.1 Å². The first-order valence-corrected chi connectivity index (χ1v) is 12.8. The summed E-state index contributed by atoms with van der Waals surface area (Å²) >= 11 is 0. The molecule has 2 amide bonds. The number of carbonyl (C=O) groups is 1. The first kappa shape index (κ1) is 24.7. The molecule has 36 heavy (non-hydrogen) atoms. The van der Waals surface area contributed by atoms with Gasteiger partial charge in [-0.3, -0.25) is 14.4 Å². The zero-order valence-electron chi connectivity index (χ0n) is 19.1. The van der Waals surface area contributed by atoms with Gasteiger partial charge < -0.3 is 29.3 Å². The highest BCUT2D eigenvalue weighted by Gasteiger charge is 2.54. The van der Waals surface area contributed by atoms with Crippen molar-refractivity contribution in [1.29, 1.82) is 0 Å². The van der Waals surface area contributed by atoms with Crippen LogP contribution in [0, 0.1) is 0 Å². The number of imidazole rings is 1. The Morgan fingerprint density at radius 2 is 1.92 bits per heavy atom. The van der Waals surface area contributed by atoms with E-state index in [9.17, 15) is 19.1 Å². The molecule has 2 aliphatic heterocycles. The molecule has 2 aliphatic rings. The second kappa shape index (κ2) is 10.2. The molecule has 2 unspecified atom stereocenters. The van der Waals surface area contributed by atoms with E-state index in [1.54, 1.807) is 11.5 Å². The molecule has 0 saturated carbocycles. The van der Waals surface area contributed by atoms with Crippen molar-refractivity contribution in [2.75, 3.05) is 18.5 Å². The molecule has 0 aliphatic carbocycles. The van der Waals surface area contributed by atoms with Gasteiger partial charge in [0.1, 0.15) is 24.6 Å². The highest BCUT2D eigenvalue weighted by molar-refractivity contribution is 7.46. The Morgan fingerprint density at radius 3 is 2.67 bits per heavy atom. The van der Waals surface area contributed by atoms with Crippen molar-refractivity contribution in [3.8, 4) is 0 Å². The standard InChI is InChI=1S/C21H25N6O8P/c1-2-22-21(28)26-18-15-19(24-10-23-18)27(11-25-15)20-17-16(13(33-20)9-32-36(29,30)31)34-14(35-17)8-12-6-4-3-5-7-12/h3-7,10-11,13-14,16-17,20H,2,8-9H2,1H3,(H2,29,30,31)(H2,22,23,24,26,28)/t13-,14?,16?,17+,20-/m1/s1. The summed E-state index contributed by atoms with van der Waals surface area (Å²) in [7, 11) is -4.73. The molecule has 2 aromatic heterocycles. The second-order valence-corrected chi connectivity index (χ2v) is 9.44. The molecule has 2 saturated heterocycles. The molecule has 15 heteroatoms. The van der Waals surface area contributed by atoms with Gasteiger partial charge in [-0.1, -0.05) is 30.3 Å². The molecule has 0 bridgehead atoms. The van der Waals surface area contributed by atoms with Gasteiger partial charge in [-0.05, 0) is 12.5 Å². The largest absolute Gasteiger partial charge is 0.469 e. The number of amides is 2. The first-order valence-electron chi connectivity index (χ1n) is 11.2. The minimum atomic E-state index is -4.73. The molecule has 0 radical (unpaired) electrons. The Balaban J connectivity index is 1.41. The minimum absolute atomic E-state index is 0.214. The quantitative estimate of drug-likeness (QED) is 0.315. The molecular weight excluding hydrogens is 495 g/mol. The van der Waals surface area contributed by atoms with E-state index in [4.69, 9.17) is 18.7 Å². The summed E-state index contributed by atoms with van der Waals surface area (Å²) in [6.07, 6.45) is -0.305. The van der Waals surface area contributed by atoms with Crippen molar-refractivity contribution >= 4 is 30.8 Å². The SMILES string of the molecule is CCNC(=O)Nc1ncnc2c1ncn2[C@@H]1O[C@H](COP(=O)(O)O)C2OC(Cc3ccccc3)O[C@@H]21. The van der Waals surface area contributed by atoms with Crippen LogP contribution in [0.3, 0.4) is 0 Å². The van der Waals surface area contributed by atoms with Crippen molar-refractivity contribution < 1.29 is 37.9 Å². The highest BCUT2D eigenvalue weighted by Crippen LogP contribution is 2.43. The number of nitrogens with zero attached hydrogens (tertiary/aromatic N) is 4. The number of anilines is 1. The molecule has 1 aromatic carbocycles. The number of rotatable bonds is 8. The van der Waals surface area contributed by atoms with Crippen LogP contribution in [0.25, 0.3) is 11.2 Å². The zero-order chi connectivity index (χ0) is 25.3. The lowest BCUT2D eigenvalue weighted by molar-refractivity contribution is -0.149. The lowest BCUT2D eigenvalue weighted by Gasteiger charge is -2.21. The van der Waals surface area contributed by atoms with Crippen LogP contribution < -0.4 is 10.6 Å². The summed E-state index contributed by atoms with van der Waals surface area (Å²) in [4.78, 5) is 43.1. The molecule has 14 nitrogen and oxygen atoms in total. The number of hydrogen-bond donors (Lipinski definition) is 4. The normalized spacial score (nSPS) is 25.7.